The van der Waals surface area contributed by atoms with Crippen molar-refractivity contribution >= 4 is 5.91 Å². The van der Waals surface area contributed by atoms with Crippen molar-refractivity contribution in [1.29, 1.82) is 0 Å². The summed E-state index contributed by atoms with van der Waals surface area (Å²) in [7, 11) is 0. The first-order valence-corrected chi connectivity index (χ1v) is 9.23. The number of hydrogen-bond donors (Lipinski definition) is 1. The molecule has 1 aromatic carbocycles. The number of pyridine rings is 1. The van der Waals surface area contributed by atoms with E-state index < -0.39 is 6.61 Å². The maximum absolute atomic E-state index is 12.6. The summed E-state index contributed by atoms with van der Waals surface area (Å²) in [6.07, 6.45) is 2.72. The van der Waals surface area contributed by atoms with Crippen LogP contribution in [0.2, 0.25) is 0 Å². The summed E-state index contributed by atoms with van der Waals surface area (Å²) < 4.78 is 40.8. The Bertz CT molecular complexity index is 1020. The van der Waals surface area contributed by atoms with Crippen LogP contribution in [0.4, 0.5) is 8.78 Å². The highest BCUT2D eigenvalue weighted by Gasteiger charge is 2.16. The van der Waals surface area contributed by atoms with E-state index in [1.165, 1.54) is 24.5 Å². The number of carbonyl (C=O) groups excluding carboxylic acids is 1. The summed E-state index contributed by atoms with van der Waals surface area (Å²) in [5.74, 6) is 0.0120. The minimum Gasteiger partial charge on any atom is -0.487 e. The van der Waals surface area contributed by atoms with Crippen LogP contribution in [0, 0.1) is 6.92 Å². The van der Waals surface area contributed by atoms with E-state index in [-0.39, 0.29) is 35.9 Å². The van der Waals surface area contributed by atoms with Gasteiger partial charge >= 0.3 is 6.61 Å². The molecule has 7 nitrogen and oxygen atoms in total. The van der Waals surface area contributed by atoms with E-state index in [1.807, 2.05) is 0 Å². The Morgan fingerprint density at radius 1 is 1.20 bits per heavy atom. The maximum atomic E-state index is 12.6. The molecular formula is C21H21F2N3O4. The Balaban J connectivity index is 1.73. The molecule has 1 N–H and O–H groups in total. The highest BCUT2D eigenvalue weighted by Crippen LogP contribution is 2.34. The molecule has 0 radical (unpaired) electrons. The molecule has 158 valence electrons. The van der Waals surface area contributed by atoms with Crippen molar-refractivity contribution in [3.63, 3.8) is 0 Å². The second-order valence-electron chi connectivity index (χ2n) is 6.70. The lowest BCUT2D eigenvalue weighted by Gasteiger charge is -2.15. The summed E-state index contributed by atoms with van der Waals surface area (Å²) in [4.78, 5) is 20.7. The number of carbonyl (C=O) groups is 1. The molecule has 0 aliphatic heterocycles. The zero-order valence-electron chi connectivity index (χ0n) is 16.7. The average Bonchev–Trinajstić information content (AvgIpc) is 3.16. The monoisotopic (exact) mass is 417 g/mol. The topological polar surface area (TPSA) is 86.5 Å². The Morgan fingerprint density at radius 2 is 2.00 bits per heavy atom. The van der Waals surface area contributed by atoms with Crippen LogP contribution >= 0.6 is 0 Å². The number of aryl methyl sites for hydroxylation is 1. The number of nitrogens with one attached hydrogen (secondary N) is 1. The van der Waals surface area contributed by atoms with Crippen LogP contribution in [0.25, 0.3) is 11.5 Å². The van der Waals surface area contributed by atoms with Gasteiger partial charge in [0.05, 0.1) is 18.3 Å². The normalized spacial score (nSPS) is 11.0. The van der Waals surface area contributed by atoms with E-state index in [4.69, 9.17) is 9.15 Å². The highest BCUT2D eigenvalue weighted by molar-refractivity contribution is 5.93. The molecule has 0 saturated heterocycles. The van der Waals surface area contributed by atoms with Gasteiger partial charge in [0, 0.05) is 11.8 Å². The summed E-state index contributed by atoms with van der Waals surface area (Å²) in [5, 5.41) is 2.74. The van der Waals surface area contributed by atoms with Gasteiger partial charge in [-0.1, -0.05) is 6.07 Å². The number of rotatable bonds is 8. The standard InChI is InChI=1S/C21H21F2N3O4/c1-12(2)29-17-9-14(6-7-16(17)30-21(22)23)20-26-15(11-28-20)10-25-19(27)18-13(3)5-4-8-24-18/h4-9,11-12,21H,10H2,1-3H3,(H,25,27). The van der Waals surface area contributed by atoms with Crippen LogP contribution in [-0.4, -0.2) is 28.6 Å². The largest absolute Gasteiger partial charge is 0.487 e. The zero-order valence-corrected chi connectivity index (χ0v) is 16.7. The summed E-state index contributed by atoms with van der Waals surface area (Å²) in [5.41, 5.74) is 2.11. The van der Waals surface area contributed by atoms with E-state index in [0.717, 1.165) is 5.56 Å². The van der Waals surface area contributed by atoms with Gasteiger partial charge in [-0.05, 0) is 50.6 Å². The number of hydrogen-bond acceptors (Lipinski definition) is 6. The van der Waals surface area contributed by atoms with Gasteiger partial charge in [-0.15, -0.1) is 0 Å². The molecule has 0 aliphatic carbocycles. The predicted molar refractivity (Wildman–Crippen MR) is 104 cm³/mol. The second kappa shape index (κ2) is 9.34. The molecule has 0 saturated carbocycles. The fraction of sp³-hybridized carbons (Fsp3) is 0.286. The third-order valence-corrected chi connectivity index (χ3v) is 3.98. The number of alkyl halides is 2. The smallest absolute Gasteiger partial charge is 0.387 e. The van der Waals surface area contributed by atoms with E-state index in [9.17, 15) is 13.6 Å². The third kappa shape index (κ3) is 5.31. The molecule has 9 heteroatoms. The third-order valence-electron chi connectivity index (χ3n) is 3.98. The van der Waals surface area contributed by atoms with Crippen molar-refractivity contribution < 1.29 is 27.5 Å². The van der Waals surface area contributed by atoms with E-state index >= 15 is 0 Å². The number of aromatic nitrogens is 2. The summed E-state index contributed by atoms with van der Waals surface area (Å²) in [6.45, 7) is 2.52. The van der Waals surface area contributed by atoms with Gasteiger partial charge in [0.25, 0.3) is 5.91 Å². The lowest BCUT2D eigenvalue weighted by Crippen LogP contribution is -2.24. The van der Waals surface area contributed by atoms with Crippen molar-refractivity contribution in [3.8, 4) is 23.0 Å². The van der Waals surface area contributed by atoms with Crippen LogP contribution in [0.3, 0.4) is 0 Å². The van der Waals surface area contributed by atoms with Crippen LogP contribution < -0.4 is 14.8 Å². The van der Waals surface area contributed by atoms with Gasteiger partial charge in [-0.2, -0.15) is 8.78 Å². The number of oxazole rings is 1. The lowest BCUT2D eigenvalue weighted by molar-refractivity contribution is -0.0518. The van der Waals surface area contributed by atoms with Crippen LogP contribution in [0.1, 0.15) is 35.6 Å². The molecule has 3 aromatic rings. The Kier molecular flexibility index (Phi) is 6.61. The lowest BCUT2D eigenvalue weighted by atomic mass is 10.2. The minimum absolute atomic E-state index is 0.0766. The molecule has 0 spiro atoms. The van der Waals surface area contributed by atoms with Crippen LogP contribution in [0.15, 0.2) is 47.2 Å². The van der Waals surface area contributed by atoms with Crippen molar-refractivity contribution in [2.75, 3.05) is 0 Å². The number of amides is 1. The maximum Gasteiger partial charge on any atom is 0.387 e. The molecule has 1 amide bonds. The number of ether oxygens (including phenoxy) is 2. The van der Waals surface area contributed by atoms with Gasteiger partial charge in [-0.25, -0.2) is 4.98 Å². The van der Waals surface area contributed by atoms with E-state index in [1.54, 1.807) is 39.1 Å². The molecule has 30 heavy (non-hydrogen) atoms. The SMILES string of the molecule is Cc1cccnc1C(=O)NCc1coc(-c2ccc(OC(F)F)c(OC(C)C)c2)n1. The molecule has 3 rings (SSSR count). The van der Waals surface area contributed by atoms with Crippen LogP contribution in [0.5, 0.6) is 11.5 Å². The quantitative estimate of drug-likeness (QED) is 0.586. The van der Waals surface area contributed by atoms with E-state index in [0.29, 0.717) is 17.0 Å². The van der Waals surface area contributed by atoms with Gasteiger partial charge in [0.1, 0.15) is 12.0 Å². The minimum atomic E-state index is -2.97. The van der Waals surface area contributed by atoms with Gasteiger partial charge in [0.15, 0.2) is 11.5 Å². The molecule has 0 atom stereocenters. The highest BCUT2D eigenvalue weighted by atomic mass is 19.3. The van der Waals surface area contributed by atoms with Crippen LogP contribution in [-0.2, 0) is 6.54 Å². The van der Waals surface area contributed by atoms with Gasteiger partial charge in [0.2, 0.25) is 5.89 Å². The van der Waals surface area contributed by atoms with E-state index in [2.05, 4.69) is 20.0 Å². The molecular weight excluding hydrogens is 396 g/mol. The average molecular weight is 417 g/mol. The first kappa shape index (κ1) is 21.2. The first-order chi connectivity index (χ1) is 14.3. The van der Waals surface area contributed by atoms with Gasteiger partial charge in [-0.3, -0.25) is 9.78 Å². The Morgan fingerprint density at radius 3 is 2.70 bits per heavy atom. The molecule has 2 aromatic heterocycles. The van der Waals surface area contributed by atoms with Gasteiger partial charge < -0.3 is 19.2 Å². The molecule has 0 fully saturated rings. The summed E-state index contributed by atoms with van der Waals surface area (Å²) >= 11 is 0. The summed E-state index contributed by atoms with van der Waals surface area (Å²) in [6, 6.07) is 7.98. The number of benzene rings is 1. The Hall–Kier alpha value is -3.49. The molecule has 2 heterocycles. The molecule has 0 aliphatic rings. The first-order valence-electron chi connectivity index (χ1n) is 9.23. The zero-order chi connectivity index (χ0) is 21.7. The van der Waals surface area contributed by atoms with Crippen molar-refractivity contribution in [3.05, 3.63) is 59.7 Å². The Labute approximate surface area is 172 Å². The van der Waals surface area contributed by atoms with Crippen molar-refractivity contribution in [1.82, 2.24) is 15.3 Å². The predicted octanol–water partition coefficient (Wildman–Crippen LogP) is 4.36. The fourth-order valence-corrected chi connectivity index (χ4v) is 2.68. The molecule has 0 bridgehead atoms. The second-order valence-corrected chi connectivity index (χ2v) is 6.70. The van der Waals surface area contributed by atoms with Crippen molar-refractivity contribution in [2.45, 2.75) is 40.0 Å². The number of halogens is 2. The fourth-order valence-electron chi connectivity index (χ4n) is 2.68. The molecule has 0 unspecified atom stereocenters. The number of nitrogens with zero attached hydrogens (tertiary/aromatic N) is 2. The van der Waals surface area contributed by atoms with Crippen molar-refractivity contribution in [2.24, 2.45) is 0 Å².